The van der Waals surface area contributed by atoms with E-state index in [-0.39, 0.29) is 11.6 Å². The minimum Gasteiger partial charge on any atom is -0.434 e. The van der Waals surface area contributed by atoms with Crippen LogP contribution in [-0.4, -0.2) is 10.2 Å². The summed E-state index contributed by atoms with van der Waals surface area (Å²) in [5.74, 6) is -0.0770. The zero-order valence-electron chi connectivity index (χ0n) is 8.43. The lowest BCUT2D eigenvalue weighted by molar-refractivity contribution is 0.421. The molecule has 0 saturated heterocycles. The van der Waals surface area contributed by atoms with E-state index in [0.29, 0.717) is 12.2 Å². The Morgan fingerprint density at radius 2 is 1.94 bits per heavy atom. The van der Waals surface area contributed by atoms with Crippen molar-refractivity contribution in [2.45, 2.75) is 6.54 Å². The van der Waals surface area contributed by atoms with E-state index in [4.69, 9.17) is 10.5 Å². The summed E-state index contributed by atoms with van der Waals surface area (Å²) in [4.78, 5) is 0. The predicted octanol–water partition coefficient (Wildman–Crippen LogP) is 1.87. The van der Waals surface area contributed by atoms with Gasteiger partial charge in [-0.15, -0.1) is 5.10 Å². The van der Waals surface area contributed by atoms with E-state index in [1.807, 2.05) is 0 Å². The molecule has 0 unspecified atom stereocenters. The van der Waals surface area contributed by atoms with Crippen LogP contribution in [0.2, 0.25) is 0 Å². The highest BCUT2D eigenvalue weighted by molar-refractivity contribution is 5.28. The highest BCUT2D eigenvalue weighted by Gasteiger charge is 2.04. The van der Waals surface area contributed by atoms with Gasteiger partial charge in [-0.25, -0.2) is 4.39 Å². The van der Waals surface area contributed by atoms with Gasteiger partial charge in [-0.2, -0.15) is 5.10 Å². The summed E-state index contributed by atoms with van der Waals surface area (Å²) < 4.78 is 18.4. The number of rotatable bonds is 3. The van der Waals surface area contributed by atoms with Crippen LogP contribution in [0, 0.1) is 5.82 Å². The van der Waals surface area contributed by atoms with Gasteiger partial charge in [0.05, 0.1) is 5.69 Å². The predicted molar refractivity (Wildman–Crippen MR) is 56.4 cm³/mol. The van der Waals surface area contributed by atoms with E-state index >= 15 is 0 Å². The van der Waals surface area contributed by atoms with E-state index in [2.05, 4.69) is 10.2 Å². The third kappa shape index (κ3) is 2.32. The Morgan fingerprint density at radius 1 is 1.12 bits per heavy atom. The highest BCUT2D eigenvalue weighted by Crippen LogP contribution is 2.21. The lowest BCUT2D eigenvalue weighted by Crippen LogP contribution is -2.01. The van der Waals surface area contributed by atoms with Gasteiger partial charge in [0, 0.05) is 12.6 Å². The molecule has 2 aromatic rings. The molecule has 0 amide bonds. The lowest BCUT2D eigenvalue weighted by atomic mass is 10.3. The van der Waals surface area contributed by atoms with Crippen molar-refractivity contribution >= 4 is 0 Å². The van der Waals surface area contributed by atoms with Crippen LogP contribution in [-0.2, 0) is 6.54 Å². The van der Waals surface area contributed by atoms with Crippen molar-refractivity contribution in [1.29, 1.82) is 0 Å². The Hall–Kier alpha value is -2.01. The molecule has 0 aliphatic carbocycles. The molecule has 0 radical (unpaired) electrons. The second-order valence-corrected chi connectivity index (χ2v) is 3.10. The SMILES string of the molecule is NCc1ccc(Oc2ccccc2F)nn1. The van der Waals surface area contributed by atoms with E-state index < -0.39 is 5.82 Å². The van der Waals surface area contributed by atoms with Crippen LogP contribution in [0.15, 0.2) is 36.4 Å². The number of nitrogens with two attached hydrogens (primary N) is 1. The van der Waals surface area contributed by atoms with Crippen molar-refractivity contribution in [1.82, 2.24) is 10.2 Å². The molecule has 2 N–H and O–H groups in total. The Labute approximate surface area is 91.9 Å². The van der Waals surface area contributed by atoms with Gasteiger partial charge in [0.1, 0.15) is 0 Å². The smallest absolute Gasteiger partial charge is 0.239 e. The second-order valence-electron chi connectivity index (χ2n) is 3.10. The van der Waals surface area contributed by atoms with Crippen molar-refractivity contribution in [2.75, 3.05) is 0 Å². The first-order chi connectivity index (χ1) is 7.79. The highest BCUT2D eigenvalue weighted by atomic mass is 19.1. The summed E-state index contributed by atoms with van der Waals surface area (Å²) in [6.07, 6.45) is 0. The van der Waals surface area contributed by atoms with Crippen LogP contribution in [0.5, 0.6) is 11.6 Å². The molecule has 1 heterocycles. The third-order valence-electron chi connectivity index (χ3n) is 1.96. The first-order valence-corrected chi connectivity index (χ1v) is 4.74. The van der Waals surface area contributed by atoms with Crippen LogP contribution in [0.3, 0.4) is 0 Å². The molecule has 2 rings (SSSR count). The number of halogens is 1. The maximum Gasteiger partial charge on any atom is 0.239 e. The molecule has 16 heavy (non-hydrogen) atoms. The molecule has 0 atom stereocenters. The number of ether oxygens (including phenoxy) is 1. The maximum absolute atomic E-state index is 13.2. The normalized spacial score (nSPS) is 10.1. The first kappa shape index (κ1) is 10.5. The Bertz CT molecular complexity index is 473. The standard InChI is InChI=1S/C11H10FN3O/c12-9-3-1-2-4-10(9)16-11-6-5-8(7-13)14-15-11/h1-6H,7,13H2. The van der Waals surface area contributed by atoms with Gasteiger partial charge in [-0.3, -0.25) is 0 Å². The van der Waals surface area contributed by atoms with Gasteiger partial charge in [0.2, 0.25) is 5.88 Å². The van der Waals surface area contributed by atoms with E-state index in [9.17, 15) is 4.39 Å². The van der Waals surface area contributed by atoms with Crippen molar-refractivity contribution < 1.29 is 9.13 Å². The molecular weight excluding hydrogens is 209 g/mol. The zero-order chi connectivity index (χ0) is 11.4. The number of benzene rings is 1. The van der Waals surface area contributed by atoms with Crippen molar-refractivity contribution in [3.8, 4) is 11.6 Å². The largest absolute Gasteiger partial charge is 0.434 e. The van der Waals surface area contributed by atoms with Crippen LogP contribution in [0.4, 0.5) is 4.39 Å². The van der Waals surface area contributed by atoms with Gasteiger partial charge in [-0.1, -0.05) is 12.1 Å². The van der Waals surface area contributed by atoms with Gasteiger partial charge in [0.15, 0.2) is 11.6 Å². The minimum atomic E-state index is -0.438. The fourth-order valence-corrected chi connectivity index (χ4v) is 1.15. The average molecular weight is 219 g/mol. The summed E-state index contributed by atoms with van der Waals surface area (Å²) in [5.41, 5.74) is 6.03. The molecule has 0 aliphatic heterocycles. The monoisotopic (exact) mass is 219 g/mol. The van der Waals surface area contributed by atoms with E-state index in [0.717, 1.165) is 0 Å². The average Bonchev–Trinajstić information content (AvgIpc) is 2.33. The molecule has 0 spiro atoms. The summed E-state index contributed by atoms with van der Waals surface area (Å²) in [5, 5.41) is 7.57. The quantitative estimate of drug-likeness (QED) is 0.855. The summed E-state index contributed by atoms with van der Waals surface area (Å²) in [6.45, 7) is 0.312. The van der Waals surface area contributed by atoms with Crippen molar-refractivity contribution in [2.24, 2.45) is 5.73 Å². The zero-order valence-corrected chi connectivity index (χ0v) is 8.43. The fraction of sp³-hybridized carbons (Fsp3) is 0.0909. The van der Waals surface area contributed by atoms with Crippen molar-refractivity contribution in [3.63, 3.8) is 0 Å². The fourth-order valence-electron chi connectivity index (χ4n) is 1.15. The number of nitrogens with zero attached hydrogens (tertiary/aromatic N) is 2. The third-order valence-corrected chi connectivity index (χ3v) is 1.96. The van der Waals surface area contributed by atoms with Gasteiger partial charge < -0.3 is 10.5 Å². The number of aromatic nitrogens is 2. The Morgan fingerprint density at radius 3 is 2.56 bits per heavy atom. The number of hydrogen-bond acceptors (Lipinski definition) is 4. The Kier molecular flexibility index (Phi) is 3.07. The molecule has 0 saturated carbocycles. The molecule has 0 fully saturated rings. The number of para-hydroxylation sites is 1. The van der Waals surface area contributed by atoms with E-state index in [1.165, 1.54) is 12.1 Å². The van der Waals surface area contributed by atoms with Gasteiger partial charge in [0.25, 0.3) is 0 Å². The molecule has 82 valence electrons. The van der Waals surface area contributed by atoms with Crippen LogP contribution >= 0.6 is 0 Å². The summed E-state index contributed by atoms with van der Waals surface area (Å²) in [6, 6.07) is 9.39. The van der Waals surface area contributed by atoms with Gasteiger partial charge in [-0.05, 0) is 18.2 Å². The lowest BCUT2D eigenvalue weighted by Gasteiger charge is -2.04. The topological polar surface area (TPSA) is 61.0 Å². The maximum atomic E-state index is 13.2. The number of hydrogen-bond donors (Lipinski definition) is 1. The summed E-state index contributed by atoms with van der Waals surface area (Å²) >= 11 is 0. The van der Waals surface area contributed by atoms with Crippen LogP contribution < -0.4 is 10.5 Å². The molecule has 0 aliphatic rings. The van der Waals surface area contributed by atoms with Crippen LogP contribution in [0.25, 0.3) is 0 Å². The van der Waals surface area contributed by atoms with Crippen molar-refractivity contribution in [3.05, 3.63) is 47.9 Å². The summed E-state index contributed by atoms with van der Waals surface area (Å²) in [7, 11) is 0. The van der Waals surface area contributed by atoms with Crippen LogP contribution in [0.1, 0.15) is 5.69 Å². The molecule has 4 nitrogen and oxygen atoms in total. The van der Waals surface area contributed by atoms with Gasteiger partial charge >= 0.3 is 0 Å². The first-order valence-electron chi connectivity index (χ1n) is 4.74. The molecule has 1 aromatic carbocycles. The molecule has 0 bridgehead atoms. The minimum absolute atomic E-state index is 0.122. The molecule has 5 heteroatoms. The Balaban J connectivity index is 2.18. The second kappa shape index (κ2) is 4.67. The van der Waals surface area contributed by atoms with E-state index in [1.54, 1.807) is 24.3 Å². The molecule has 1 aromatic heterocycles. The molecular formula is C11H10FN3O.